The summed E-state index contributed by atoms with van der Waals surface area (Å²) in [6.45, 7) is 7.64. The summed E-state index contributed by atoms with van der Waals surface area (Å²) in [6, 6.07) is 6.21. The molecule has 0 amide bonds. The van der Waals surface area contributed by atoms with E-state index in [4.69, 9.17) is 0 Å². The molecule has 0 atom stereocenters. The zero-order chi connectivity index (χ0) is 15.5. The number of hydrogen-bond acceptors (Lipinski definition) is 3. The van der Waals surface area contributed by atoms with Crippen LogP contribution >= 0.6 is 0 Å². The van der Waals surface area contributed by atoms with Crippen molar-refractivity contribution in [2.24, 2.45) is 0 Å². The van der Waals surface area contributed by atoms with Crippen molar-refractivity contribution >= 4 is 10.0 Å². The van der Waals surface area contributed by atoms with Crippen LogP contribution in [-0.2, 0) is 16.6 Å². The van der Waals surface area contributed by atoms with Crippen LogP contribution in [0.2, 0.25) is 0 Å². The fraction of sp³-hybridized carbons (Fsp3) is 0.625. The fourth-order valence-electron chi connectivity index (χ4n) is 2.51. The molecule has 0 spiro atoms. The Morgan fingerprint density at radius 1 is 1.29 bits per heavy atom. The largest absolute Gasteiger partial charge is 0.310 e. The molecule has 118 valence electrons. The van der Waals surface area contributed by atoms with E-state index in [9.17, 15) is 8.42 Å². The van der Waals surface area contributed by atoms with Crippen molar-refractivity contribution in [3.8, 4) is 0 Å². The molecular weight excluding hydrogens is 284 g/mol. The quantitative estimate of drug-likeness (QED) is 0.803. The minimum Gasteiger partial charge on any atom is -0.310 e. The number of benzene rings is 1. The van der Waals surface area contributed by atoms with E-state index in [1.165, 1.54) is 12.8 Å². The number of nitrogens with one attached hydrogen (secondary N) is 1. The molecule has 1 aliphatic rings. The molecule has 0 saturated heterocycles. The summed E-state index contributed by atoms with van der Waals surface area (Å²) in [4.78, 5) is 0.452. The Kier molecular flexibility index (Phi) is 5.41. The summed E-state index contributed by atoms with van der Waals surface area (Å²) in [5.41, 5.74) is 1.95. The minimum atomic E-state index is -3.38. The second-order valence-corrected chi connectivity index (χ2v) is 7.60. The van der Waals surface area contributed by atoms with Crippen molar-refractivity contribution in [1.29, 1.82) is 0 Å². The number of nitrogens with zero attached hydrogens (tertiary/aromatic N) is 1. The van der Waals surface area contributed by atoms with Crippen molar-refractivity contribution < 1.29 is 8.42 Å². The highest BCUT2D eigenvalue weighted by Crippen LogP contribution is 2.24. The Bertz CT molecular complexity index is 580. The molecule has 0 aliphatic heterocycles. The first kappa shape index (κ1) is 16.5. The lowest BCUT2D eigenvalue weighted by Gasteiger charge is -2.22. The summed E-state index contributed by atoms with van der Waals surface area (Å²) in [6.07, 6.45) is 3.29. The molecular formula is C16H26N2O2S. The third-order valence-corrected chi connectivity index (χ3v) is 6.12. The van der Waals surface area contributed by atoms with Crippen molar-refractivity contribution in [3.63, 3.8) is 0 Å². The molecule has 0 radical (unpaired) electrons. The van der Waals surface area contributed by atoms with Gasteiger partial charge in [0.1, 0.15) is 0 Å². The molecule has 1 aromatic rings. The minimum absolute atomic E-state index is 0.452. The van der Waals surface area contributed by atoms with E-state index in [-0.39, 0.29) is 0 Å². The highest BCUT2D eigenvalue weighted by atomic mass is 32.2. The van der Waals surface area contributed by atoms with Gasteiger partial charge in [0.15, 0.2) is 0 Å². The predicted octanol–water partition coefficient (Wildman–Crippen LogP) is 2.67. The van der Waals surface area contributed by atoms with Crippen LogP contribution in [0.5, 0.6) is 0 Å². The summed E-state index contributed by atoms with van der Waals surface area (Å²) >= 11 is 0. The zero-order valence-corrected chi connectivity index (χ0v) is 14.0. The van der Waals surface area contributed by atoms with Gasteiger partial charge in [-0.15, -0.1) is 0 Å². The van der Waals surface area contributed by atoms with E-state index >= 15 is 0 Å². The predicted molar refractivity (Wildman–Crippen MR) is 85.8 cm³/mol. The van der Waals surface area contributed by atoms with Crippen LogP contribution in [0.15, 0.2) is 23.1 Å². The van der Waals surface area contributed by atoms with Crippen LogP contribution in [-0.4, -0.2) is 31.9 Å². The van der Waals surface area contributed by atoms with E-state index in [2.05, 4.69) is 5.32 Å². The van der Waals surface area contributed by atoms with Gasteiger partial charge in [0.05, 0.1) is 4.90 Å². The molecule has 1 aromatic carbocycles. The van der Waals surface area contributed by atoms with Crippen LogP contribution in [0.4, 0.5) is 0 Å². The monoisotopic (exact) mass is 310 g/mol. The van der Waals surface area contributed by atoms with E-state index in [0.717, 1.165) is 24.1 Å². The molecule has 5 heteroatoms. The van der Waals surface area contributed by atoms with Gasteiger partial charge in [-0.05, 0) is 43.4 Å². The normalized spacial score (nSPS) is 15.6. The van der Waals surface area contributed by atoms with E-state index in [1.54, 1.807) is 10.4 Å². The molecule has 4 nitrogen and oxygen atoms in total. The first-order valence-corrected chi connectivity index (χ1v) is 9.26. The van der Waals surface area contributed by atoms with E-state index < -0.39 is 10.0 Å². The highest BCUT2D eigenvalue weighted by molar-refractivity contribution is 7.89. The zero-order valence-electron chi connectivity index (χ0n) is 13.2. The molecule has 0 heterocycles. The smallest absolute Gasteiger partial charge is 0.243 e. The van der Waals surface area contributed by atoms with Crippen molar-refractivity contribution in [3.05, 3.63) is 29.3 Å². The van der Waals surface area contributed by atoms with Gasteiger partial charge in [-0.1, -0.05) is 26.0 Å². The first-order valence-electron chi connectivity index (χ1n) is 7.82. The van der Waals surface area contributed by atoms with Crippen molar-refractivity contribution in [1.82, 2.24) is 9.62 Å². The molecule has 1 aliphatic carbocycles. The second-order valence-electron chi connectivity index (χ2n) is 5.69. The molecule has 2 rings (SSSR count). The third kappa shape index (κ3) is 3.84. The Morgan fingerprint density at radius 3 is 2.57 bits per heavy atom. The summed E-state index contributed by atoms with van der Waals surface area (Å²) < 4.78 is 27.1. The van der Waals surface area contributed by atoms with Crippen LogP contribution in [0, 0.1) is 6.92 Å². The molecule has 21 heavy (non-hydrogen) atoms. The van der Waals surface area contributed by atoms with Crippen LogP contribution in [0.1, 0.15) is 44.2 Å². The molecule has 0 bridgehead atoms. The standard InChI is InChI=1S/C16H26N2O2S/c1-4-11-18(5-2)21(19,20)16-8-6-7-14(13(16)3)12-17-15-9-10-15/h6-8,15,17H,4-5,9-12H2,1-3H3. The van der Waals surface area contributed by atoms with Crippen LogP contribution in [0.3, 0.4) is 0 Å². The summed E-state index contributed by atoms with van der Waals surface area (Å²) in [5.74, 6) is 0. The lowest BCUT2D eigenvalue weighted by molar-refractivity contribution is 0.426. The maximum absolute atomic E-state index is 12.8. The van der Waals surface area contributed by atoms with E-state index in [0.29, 0.717) is 24.0 Å². The Balaban J connectivity index is 2.26. The Labute approximate surface area is 128 Å². The number of sulfonamides is 1. The second kappa shape index (κ2) is 6.90. The van der Waals surface area contributed by atoms with Gasteiger partial charge < -0.3 is 5.32 Å². The van der Waals surface area contributed by atoms with Gasteiger partial charge in [0, 0.05) is 25.7 Å². The molecule has 0 aromatic heterocycles. The SMILES string of the molecule is CCCN(CC)S(=O)(=O)c1cccc(CNC2CC2)c1C. The molecule has 0 unspecified atom stereocenters. The maximum atomic E-state index is 12.8. The molecule has 1 saturated carbocycles. The first-order chi connectivity index (χ1) is 10.0. The van der Waals surface area contributed by atoms with Gasteiger partial charge in [0.2, 0.25) is 10.0 Å². The average Bonchev–Trinajstić information content (AvgIpc) is 3.27. The van der Waals surface area contributed by atoms with Gasteiger partial charge in [-0.2, -0.15) is 4.31 Å². The number of rotatable bonds is 8. The van der Waals surface area contributed by atoms with Gasteiger partial charge in [-0.25, -0.2) is 8.42 Å². The Hall–Kier alpha value is -0.910. The Morgan fingerprint density at radius 2 is 2.00 bits per heavy atom. The van der Waals surface area contributed by atoms with Crippen LogP contribution in [0.25, 0.3) is 0 Å². The number of hydrogen-bond donors (Lipinski definition) is 1. The van der Waals surface area contributed by atoms with Crippen LogP contribution < -0.4 is 5.32 Å². The third-order valence-electron chi connectivity index (χ3n) is 4.00. The lowest BCUT2D eigenvalue weighted by Crippen LogP contribution is -2.32. The maximum Gasteiger partial charge on any atom is 0.243 e. The van der Waals surface area contributed by atoms with Gasteiger partial charge >= 0.3 is 0 Å². The summed E-state index contributed by atoms with van der Waals surface area (Å²) in [5, 5.41) is 3.45. The fourth-order valence-corrected chi connectivity index (χ4v) is 4.32. The van der Waals surface area contributed by atoms with Gasteiger partial charge in [-0.3, -0.25) is 0 Å². The van der Waals surface area contributed by atoms with E-state index in [1.807, 2.05) is 32.9 Å². The highest BCUT2D eigenvalue weighted by Gasteiger charge is 2.25. The van der Waals surface area contributed by atoms with Crippen molar-refractivity contribution in [2.75, 3.05) is 13.1 Å². The van der Waals surface area contributed by atoms with Crippen molar-refractivity contribution in [2.45, 2.75) is 57.5 Å². The van der Waals surface area contributed by atoms with Gasteiger partial charge in [0.25, 0.3) is 0 Å². The summed E-state index contributed by atoms with van der Waals surface area (Å²) in [7, 11) is -3.38. The molecule has 1 N–H and O–H groups in total. The average molecular weight is 310 g/mol. The lowest BCUT2D eigenvalue weighted by atomic mass is 10.1. The molecule has 1 fully saturated rings. The topological polar surface area (TPSA) is 49.4 Å².